The number of carboxylic acids is 1. The molecule has 0 radical (unpaired) electrons. The highest BCUT2D eigenvalue weighted by Gasteiger charge is 2.35. The first-order valence-corrected chi connectivity index (χ1v) is 8.16. The van der Waals surface area contributed by atoms with E-state index >= 15 is 0 Å². The minimum atomic E-state index is -1.24. The lowest BCUT2D eigenvalue weighted by atomic mass is 10.0. The van der Waals surface area contributed by atoms with Crippen LogP contribution in [0.3, 0.4) is 0 Å². The molecule has 0 saturated carbocycles. The predicted octanol–water partition coefficient (Wildman–Crippen LogP) is 2.60. The smallest absolute Gasteiger partial charge is 0.329 e. The molecule has 0 atom stereocenters. The molecule has 122 valence electrons. The summed E-state index contributed by atoms with van der Waals surface area (Å²) < 4.78 is 0. The van der Waals surface area contributed by atoms with Gasteiger partial charge in [-0.2, -0.15) is 0 Å². The maximum absolute atomic E-state index is 12.3. The Morgan fingerprint density at radius 2 is 1.91 bits per heavy atom. The Bertz CT molecular complexity index is 695. The van der Waals surface area contributed by atoms with Crippen LogP contribution in [0.15, 0.2) is 35.7 Å². The van der Waals surface area contributed by atoms with Crippen LogP contribution in [0.2, 0.25) is 0 Å². The van der Waals surface area contributed by atoms with E-state index < -0.39 is 11.5 Å². The van der Waals surface area contributed by atoms with Crippen LogP contribution in [-0.2, 0) is 22.4 Å². The summed E-state index contributed by atoms with van der Waals surface area (Å²) in [6.07, 6.45) is 0.842. The Labute approximate surface area is 139 Å². The molecular formula is C17H20N2O3S. The van der Waals surface area contributed by atoms with Crippen molar-refractivity contribution in [2.75, 3.05) is 7.05 Å². The van der Waals surface area contributed by atoms with Gasteiger partial charge in [0.2, 0.25) is 5.91 Å². The topological polar surface area (TPSA) is 70.5 Å². The molecule has 0 aliphatic rings. The van der Waals surface area contributed by atoms with Crippen LogP contribution in [-0.4, -0.2) is 39.5 Å². The minimum absolute atomic E-state index is 0.110. The van der Waals surface area contributed by atoms with Gasteiger partial charge < -0.3 is 10.0 Å². The second-order valence-electron chi connectivity index (χ2n) is 5.89. The highest BCUT2D eigenvalue weighted by Crippen LogP contribution is 2.18. The minimum Gasteiger partial charge on any atom is -0.480 e. The number of carboxylic acid groups (broad SMARTS) is 1. The maximum Gasteiger partial charge on any atom is 0.329 e. The van der Waals surface area contributed by atoms with E-state index in [0.29, 0.717) is 5.69 Å². The summed E-state index contributed by atoms with van der Waals surface area (Å²) >= 11 is 1.51. The van der Waals surface area contributed by atoms with Gasteiger partial charge in [-0.05, 0) is 19.4 Å². The Morgan fingerprint density at radius 1 is 1.26 bits per heavy atom. The average molecular weight is 332 g/mol. The molecule has 1 aromatic carbocycles. The van der Waals surface area contributed by atoms with Crippen molar-refractivity contribution in [3.8, 4) is 0 Å². The number of carbonyl (C=O) groups excluding carboxylic acids is 1. The lowest BCUT2D eigenvalue weighted by molar-refractivity contribution is -0.155. The van der Waals surface area contributed by atoms with Crippen molar-refractivity contribution in [3.05, 3.63) is 52.0 Å². The van der Waals surface area contributed by atoms with Crippen LogP contribution in [0.25, 0.3) is 0 Å². The third kappa shape index (κ3) is 4.16. The van der Waals surface area contributed by atoms with Gasteiger partial charge in [-0.3, -0.25) is 4.79 Å². The fraction of sp³-hybridized carbons (Fsp3) is 0.353. The van der Waals surface area contributed by atoms with Crippen molar-refractivity contribution >= 4 is 23.2 Å². The van der Waals surface area contributed by atoms with Gasteiger partial charge in [0.05, 0.1) is 17.1 Å². The van der Waals surface area contributed by atoms with E-state index in [-0.39, 0.29) is 12.3 Å². The van der Waals surface area contributed by atoms with Crippen LogP contribution in [0.4, 0.5) is 0 Å². The van der Waals surface area contributed by atoms with Gasteiger partial charge in [0.25, 0.3) is 0 Å². The molecule has 2 rings (SSSR count). The van der Waals surface area contributed by atoms with Gasteiger partial charge in [0.1, 0.15) is 5.54 Å². The van der Waals surface area contributed by atoms with Crippen molar-refractivity contribution in [2.45, 2.75) is 32.2 Å². The second-order valence-corrected chi connectivity index (χ2v) is 6.83. The largest absolute Gasteiger partial charge is 0.480 e. The summed E-state index contributed by atoms with van der Waals surface area (Å²) in [7, 11) is 1.51. The van der Waals surface area contributed by atoms with Gasteiger partial charge in [-0.15, -0.1) is 11.3 Å². The molecule has 1 heterocycles. The van der Waals surface area contributed by atoms with Crippen molar-refractivity contribution < 1.29 is 14.7 Å². The molecule has 23 heavy (non-hydrogen) atoms. The van der Waals surface area contributed by atoms with E-state index in [1.165, 1.54) is 42.7 Å². The summed E-state index contributed by atoms with van der Waals surface area (Å²) in [5.74, 6) is -1.29. The number of thiazole rings is 1. The van der Waals surface area contributed by atoms with E-state index in [2.05, 4.69) is 4.98 Å². The summed E-state index contributed by atoms with van der Waals surface area (Å²) in [4.78, 5) is 29.2. The molecule has 1 N–H and O–H groups in total. The van der Waals surface area contributed by atoms with Crippen molar-refractivity contribution in [2.24, 2.45) is 0 Å². The molecule has 0 fully saturated rings. The number of nitrogens with zero attached hydrogens (tertiary/aromatic N) is 2. The van der Waals surface area contributed by atoms with Gasteiger partial charge >= 0.3 is 5.97 Å². The zero-order valence-corrected chi connectivity index (χ0v) is 14.3. The number of hydrogen-bond donors (Lipinski definition) is 1. The van der Waals surface area contributed by atoms with E-state index in [4.69, 9.17) is 0 Å². The average Bonchev–Trinajstić information content (AvgIpc) is 2.94. The van der Waals surface area contributed by atoms with Crippen molar-refractivity contribution in [3.63, 3.8) is 0 Å². The highest BCUT2D eigenvalue weighted by molar-refractivity contribution is 7.09. The molecule has 0 saturated heterocycles. The summed E-state index contributed by atoms with van der Waals surface area (Å²) in [5, 5.41) is 12.0. The molecule has 5 nitrogen and oxygen atoms in total. The normalized spacial score (nSPS) is 11.3. The van der Waals surface area contributed by atoms with Gasteiger partial charge in [0.15, 0.2) is 0 Å². The first-order chi connectivity index (χ1) is 10.8. The third-order valence-electron chi connectivity index (χ3n) is 3.87. The quantitative estimate of drug-likeness (QED) is 0.883. The van der Waals surface area contributed by atoms with Crippen molar-refractivity contribution in [1.29, 1.82) is 0 Å². The van der Waals surface area contributed by atoms with E-state index in [9.17, 15) is 14.7 Å². The Balaban J connectivity index is 2.01. The van der Waals surface area contributed by atoms with Crippen LogP contribution >= 0.6 is 11.3 Å². The summed E-state index contributed by atoms with van der Waals surface area (Å²) in [6, 6.07) is 10.0. The molecule has 2 aromatic rings. The van der Waals surface area contributed by atoms with Crippen LogP contribution in [0, 0.1) is 0 Å². The fourth-order valence-electron chi connectivity index (χ4n) is 2.01. The monoisotopic (exact) mass is 332 g/mol. The molecule has 0 unspecified atom stereocenters. The first-order valence-electron chi connectivity index (χ1n) is 7.28. The molecule has 0 aliphatic carbocycles. The Morgan fingerprint density at radius 3 is 2.52 bits per heavy atom. The van der Waals surface area contributed by atoms with Crippen LogP contribution in [0.1, 0.15) is 30.1 Å². The lowest BCUT2D eigenvalue weighted by Gasteiger charge is -2.31. The fourth-order valence-corrected chi connectivity index (χ4v) is 2.84. The Hall–Kier alpha value is -2.21. The Kier molecular flexibility index (Phi) is 5.15. The molecule has 0 aliphatic heterocycles. The number of amides is 1. The highest BCUT2D eigenvalue weighted by atomic mass is 32.1. The van der Waals surface area contributed by atoms with Crippen LogP contribution in [0.5, 0.6) is 0 Å². The standard InChI is InChI=1S/C17H20N2O3S/c1-17(2,16(21)22)19(3)15(20)10-13-11-23-14(18-13)9-12-7-5-4-6-8-12/h4-8,11H,9-10H2,1-3H3,(H,21,22). The zero-order chi connectivity index (χ0) is 17.0. The third-order valence-corrected chi connectivity index (χ3v) is 4.76. The summed E-state index contributed by atoms with van der Waals surface area (Å²) in [6.45, 7) is 3.02. The maximum atomic E-state index is 12.3. The van der Waals surface area contributed by atoms with E-state index in [0.717, 1.165) is 11.4 Å². The van der Waals surface area contributed by atoms with Gasteiger partial charge in [-0.1, -0.05) is 30.3 Å². The summed E-state index contributed by atoms with van der Waals surface area (Å²) in [5.41, 5.74) is 0.614. The second kappa shape index (κ2) is 6.91. The number of hydrogen-bond acceptors (Lipinski definition) is 4. The van der Waals surface area contributed by atoms with Gasteiger partial charge in [-0.25, -0.2) is 9.78 Å². The molecule has 0 spiro atoms. The van der Waals surface area contributed by atoms with E-state index in [1.807, 2.05) is 35.7 Å². The number of aliphatic carboxylic acids is 1. The molecule has 1 amide bonds. The predicted molar refractivity (Wildman–Crippen MR) is 89.6 cm³/mol. The number of benzene rings is 1. The van der Waals surface area contributed by atoms with E-state index in [1.54, 1.807) is 0 Å². The molecule has 6 heteroatoms. The molecular weight excluding hydrogens is 312 g/mol. The number of likely N-dealkylation sites (N-methyl/N-ethyl adjacent to an activating group) is 1. The van der Waals surface area contributed by atoms with Crippen LogP contribution < -0.4 is 0 Å². The number of carbonyl (C=O) groups is 2. The number of rotatable bonds is 6. The lowest BCUT2D eigenvalue weighted by Crippen LogP contribution is -2.51. The first kappa shape index (κ1) is 17.1. The SMILES string of the molecule is CN(C(=O)Cc1csc(Cc2ccccc2)n1)C(C)(C)C(=O)O. The number of aromatic nitrogens is 1. The van der Waals surface area contributed by atoms with Crippen molar-refractivity contribution in [1.82, 2.24) is 9.88 Å². The molecule has 1 aromatic heterocycles. The van der Waals surface area contributed by atoms with Gasteiger partial charge in [0, 0.05) is 18.8 Å². The zero-order valence-electron chi connectivity index (χ0n) is 13.4. The molecule has 0 bridgehead atoms.